The van der Waals surface area contributed by atoms with Gasteiger partial charge in [-0.05, 0) is 86.2 Å². The van der Waals surface area contributed by atoms with Gasteiger partial charge in [-0.25, -0.2) is 0 Å². The van der Waals surface area contributed by atoms with Crippen molar-refractivity contribution < 1.29 is 19.8 Å². The van der Waals surface area contributed by atoms with Gasteiger partial charge in [-0.3, -0.25) is 14.5 Å². The summed E-state index contributed by atoms with van der Waals surface area (Å²) < 4.78 is 0. The monoisotopic (exact) mass is 682 g/mol. The predicted octanol–water partition coefficient (Wildman–Crippen LogP) is 5.73. The lowest BCUT2D eigenvalue weighted by molar-refractivity contribution is -0.183. The minimum absolute atomic E-state index is 0.101. The molecule has 2 aromatic rings. The van der Waals surface area contributed by atoms with Crippen molar-refractivity contribution in [2.24, 2.45) is 29.1 Å². The van der Waals surface area contributed by atoms with Crippen LogP contribution in [0.5, 0.6) is 0 Å². The number of rotatable bonds is 15. The number of fused-ring (bicyclic) bond motifs is 2. The number of halogens is 1. The summed E-state index contributed by atoms with van der Waals surface area (Å²) in [5.41, 5.74) is 3.62. The van der Waals surface area contributed by atoms with E-state index in [9.17, 15) is 15.0 Å². The molecule has 266 valence electrons. The number of hydrogen-bond donors (Lipinski definition) is 3. The summed E-state index contributed by atoms with van der Waals surface area (Å²) in [6.07, 6.45) is 2.89. The van der Waals surface area contributed by atoms with Crippen LogP contribution >= 0.6 is 11.6 Å². The van der Waals surface area contributed by atoms with Crippen molar-refractivity contribution in [2.75, 3.05) is 27.2 Å². The molecule has 3 N–H and O–H groups in total. The van der Waals surface area contributed by atoms with Crippen molar-refractivity contribution in [3.05, 3.63) is 70.2 Å². The molecule has 6 rings (SSSR count). The maximum absolute atomic E-state index is 14.1. The van der Waals surface area contributed by atoms with Gasteiger partial charge in [0.2, 0.25) is 5.91 Å². The normalized spacial score (nSPS) is 29.5. The first-order chi connectivity index (χ1) is 22.8. The topological polar surface area (TPSA) is 88.5 Å². The summed E-state index contributed by atoms with van der Waals surface area (Å²) in [6.45, 7) is 13.4. The highest BCUT2D eigenvalue weighted by Gasteiger charge is 2.57. The first-order valence-electron chi connectivity index (χ1n) is 18.1. The molecule has 9 heteroatoms. The Morgan fingerprint density at radius 1 is 1.12 bits per heavy atom. The van der Waals surface area contributed by atoms with Gasteiger partial charge in [0.15, 0.2) is 0 Å². The van der Waals surface area contributed by atoms with Gasteiger partial charge in [-0.2, -0.15) is 5.06 Å². The Hall–Kier alpha value is -2.04. The summed E-state index contributed by atoms with van der Waals surface area (Å²) in [7, 11) is 4.25. The second-order valence-corrected chi connectivity index (χ2v) is 16.2. The van der Waals surface area contributed by atoms with Crippen LogP contribution in [-0.2, 0) is 29.3 Å². The van der Waals surface area contributed by atoms with Gasteiger partial charge in [-0.1, -0.05) is 88.2 Å². The van der Waals surface area contributed by atoms with Crippen LogP contribution in [0, 0.1) is 29.1 Å². The van der Waals surface area contributed by atoms with Gasteiger partial charge < -0.3 is 20.4 Å². The maximum atomic E-state index is 14.1. The number of carbonyl (C=O) groups excluding carboxylic acids is 1. The molecule has 4 aliphatic rings. The summed E-state index contributed by atoms with van der Waals surface area (Å²) in [5, 5.41) is 27.0. The first kappa shape index (κ1) is 37.2. The van der Waals surface area contributed by atoms with E-state index in [1.54, 1.807) is 12.0 Å². The maximum Gasteiger partial charge on any atom is 0.240 e. The van der Waals surface area contributed by atoms with E-state index in [4.69, 9.17) is 16.4 Å². The molecule has 48 heavy (non-hydrogen) atoms. The number of hydrogen-bond acceptors (Lipinski definition) is 7. The van der Waals surface area contributed by atoms with Crippen LogP contribution < -0.4 is 5.32 Å². The quantitative estimate of drug-likeness (QED) is 0.221. The Kier molecular flexibility index (Phi) is 12.3. The molecule has 0 unspecified atom stereocenters. The lowest BCUT2D eigenvalue weighted by atomic mass is 9.45. The lowest BCUT2D eigenvalue weighted by Gasteiger charge is -2.62. The number of nitrogens with one attached hydrogen (secondary N) is 1. The molecule has 1 aliphatic heterocycles. The third kappa shape index (κ3) is 8.12. The molecule has 1 saturated heterocycles. The SMILES string of the molecule is CCC[C@@H](CN(C)C)N(Cc1cccc(CN2O[C@@H](CO)[C@@H]([C@H](C)O)[C@H]2C(=O)N[C@H]2C[C@@H]3C[C@H]([C@@H]2C)C3(C)C)c1)Cc1ccccc1Cl. The number of amides is 1. The standard InChI is InChI=1S/C39H59ClN4O4/c1-8-12-31(23-42(6)7)43(22-29-15-9-10-16-33(29)40)20-27-13-11-14-28(17-27)21-44-37(36(26(3)46)35(24-45)48-44)38(47)41-34-19-30-18-32(25(34)2)39(30,4)5/h9-11,13-17,25-26,30-32,34-37,45-46H,8,12,18-24H2,1-7H3,(H,41,47)/t25-,26-,30-,31-,32+,34-,35-,36+,37-/m0/s1. The zero-order valence-electron chi connectivity index (χ0n) is 30.1. The Morgan fingerprint density at radius 2 is 1.85 bits per heavy atom. The van der Waals surface area contributed by atoms with Gasteiger partial charge in [0.25, 0.3) is 0 Å². The fourth-order valence-corrected chi connectivity index (χ4v) is 9.22. The van der Waals surface area contributed by atoms with Crippen LogP contribution in [0.3, 0.4) is 0 Å². The van der Waals surface area contributed by atoms with E-state index >= 15 is 0 Å². The molecule has 1 heterocycles. The third-order valence-electron chi connectivity index (χ3n) is 11.8. The van der Waals surface area contributed by atoms with Crippen molar-refractivity contribution >= 4 is 17.5 Å². The number of aliphatic hydroxyl groups is 2. The number of hydroxylamine groups is 2. The van der Waals surface area contributed by atoms with E-state index < -0.39 is 24.2 Å². The van der Waals surface area contributed by atoms with E-state index in [1.807, 2.05) is 18.2 Å². The van der Waals surface area contributed by atoms with E-state index in [-0.39, 0.29) is 18.6 Å². The molecule has 9 atom stereocenters. The Labute approximate surface area is 293 Å². The zero-order valence-corrected chi connectivity index (χ0v) is 30.9. The van der Waals surface area contributed by atoms with Crippen LogP contribution in [0.4, 0.5) is 0 Å². The van der Waals surface area contributed by atoms with Crippen LogP contribution in [0.1, 0.15) is 77.0 Å². The van der Waals surface area contributed by atoms with Gasteiger partial charge in [0, 0.05) is 42.7 Å². The van der Waals surface area contributed by atoms with Crippen molar-refractivity contribution in [2.45, 2.75) is 110 Å². The fourth-order valence-electron chi connectivity index (χ4n) is 9.03. The largest absolute Gasteiger partial charge is 0.394 e. The molecule has 0 radical (unpaired) electrons. The molecular weight excluding hydrogens is 624 g/mol. The molecule has 2 aromatic carbocycles. The second-order valence-electron chi connectivity index (χ2n) is 15.8. The van der Waals surface area contributed by atoms with Crippen molar-refractivity contribution in [1.82, 2.24) is 20.2 Å². The number of carbonyl (C=O) groups is 1. The summed E-state index contributed by atoms with van der Waals surface area (Å²) in [5.74, 6) is 0.936. The number of benzene rings is 2. The number of aliphatic hydroxyl groups excluding tert-OH is 2. The first-order valence-corrected chi connectivity index (χ1v) is 18.4. The van der Waals surface area contributed by atoms with Gasteiger partial charge in [0.05, 0.1) is 19.3 Å². The minimum Gasteiger partial charge on any atom is -0.394 e. The summed E-state index contributed by atoms with van der Waals surface area (Å²) >= 11 is 6.64. The minimum atomic E-state index is -0.823. The Bertz CT molecular complexity index is 1370. The Morgan fingerprint density at radius 3 is 2.48 bits per heavy atom. The molecule has 2 bridgehead atoms. The average Bonchev–Trinajstić information content (AvgIpc) is 3.40. The Balaban J connectivity index is 1.35. The fraction of sp³-hybridized carbons (Fsp3) is 0.667. The van der Waals surface area contributed by atoms with Gasteiger partial charge in [0.1, 0.15) is 12.1 Å². The van der Waals surface area contributed by atoms with Crippen LogP contribution in [0.15, 0.2) is 48.5 Å². The molecule has 4 fully saturated rings. The van der Waals surface area contributed by atoms with E-state index in [0.29, 0.717) is 35.8 Å². The highest BCUT2D eigenvalue weighted by atomic mass is 35.5. The van der Waals surface area contributed by atoms with Crippen LogP contribution in [-0.4, -0.2) is 88.6 Å². The van der Waals surface area contributed by atoms with Crippen molar-refractivity contribution in [3.63, 3.8) is 0 Å². The van der Waals surface area contributed by atoms with Gasteiger partial charge >= 0.3 is 0 Å². The highest BCUT2D eigenvalue weighted by molar-refractivity contribution is 6.31. The van der Waals surface area contributed by atoms with Crippen LogP contribution in [0.25, 0.3) is 0 Å². The molecule has 0 spiro atoms. The highest BCUT2D eigenvalue weighted by Crippen LogP contribution is 2.61. The van der Waals surface area contributed by atoms with E-state index in [1.165, 1.54) is 12.0 Å². The molecule has 1 amide bonds. The predicted molar refractivity (Wildman–Crippen MR) is 192 cm³/mol. The lowest BCUT2D eigenvalue weighted by Crippen LogP contribution is -2.62. The third-order valence-corrected chi connectivity index (χ3v) is 12.2. The molecular formula is C39H59ClN4O4. The average molecular weight is 683 g/mol. The number of likely N-dealkylation sites (N-methyl/N-ethyl adjacent to an activating group) is 1. The molecule has 3 aliphatic carbocycles. The van der Waals surface area contributed by atoms with Crippen LogP contribution in [0.2, 0.25) is 5.02 Å². The van der Waals surface area contributed by atoms with Gasteiger partial charge in [-0.15, -0.1) is 0 Å². The van der Waals surface area contributed by atoms with E-state index in [2.05, 4.69) is 87.2 Å². The zero-order chi connectivity index (χ0) is 34.7. The molecule has 3 saturated carbocycles. The summed E-state index contributed by atoms with van der Waals surface area (Å²) in [4.78, 5) is 25.1. The van der Waals surface area contributed by atoms with Crippen molar-refractivity contribution in [1.29, 1.82) is 0 Å². The molecule has 8 nitrogen and oxygen atoms in total. The molecule has 0 aromatic heterocycles. The summed E-state index contributed by atoms with van der Waals surface area (Å²) in [6, 6.07) is 16.3. The second kappa shape index (κ2) is 15.9. The van der Waals surface area contributed by atoms with E-state index in [0.717, 1.165) is 55.0 Å². The van der Waals surface area contributed by atoms with Crippen molar-refractivity contribution in [3.8, 4) is 0 Å². The smallest absolute Gasteiger partial charge is 0.240 e. The number of nitrogens with zero attached hydrogens (tertiary/aromatic N) is 3.